The maximum absolute atomic E-state index is 12.4. The lowest BCUT2D eigenvalue weighted by Crippen LogP contribution is -2.26. The number of aromatic nitrogens is 1. The molecule has 1 amide bonds. The Balaban J connectivity index is 1.71. The molecule has 0 fully saturated rings. The van der Waals surface area contributed by atoms with Gasteiger partial charge in [0.1, 0.15) is 5.76 Å². The average molecular weight is 349 g/mol. The van der Waals surface area contributed by atoms with Crippen molar-refractivity contribution in [3.63, 3.8) is 0 Å². The topological polar surface area (TPSA) is 92.5 Å². The second-order valence-corrected chi connectivity index (χ2v) is 7.58. The number of nitrogens with zero attached hydrogens (tertiary/aromatic N) is 2. The van der Waals surface area contributed by atoms with Crippen LogP contribution in [0.3, 0.4) is 0 Å². The minimum atomic E-state index is -3.63. The molecule has 1 N–H and O–H groups in total. The van der Waals surface area contributed by atoms with Gasteiger partial charge in [0.25, 0.3) is 0 Å². The van der Waals surface area contributed by atoms with Crippen LogP contribution in [-0.4, -0.2) is 32.9 Å². The smallest absolute Gasteiger partial charge is 0.240 e. The largest absolute Gasteiger partial charge is 0.446 e. The number of benzene rings is 1. The van der Waals surface area contributed by atoms with E-state index in [1.165, 1.54) is 11.0 Å². The number of oxazole rings is 1. The Morgan fingerprint density at radius 1 is 1.33 bits per heavy atom. The molecule has 1 aliphatic heterocycles. The zero-order chi connectivity index (χ0) is 17.5. The fraction of sp³-hybridized carbons (Fsp3) is 0.375. The van der Waals surface area contributed by atoms with E-state index in [9.17, 15) is 13.2 Å². The molecule has 0 atom stereocenters. The van der Waals surface area contributed by atoms with Crippen LogP contribution in [0.15, 0.2) is 27.5 Å². The number of fused-ring (bicyclic) bond motifs is 1. The lowest BCUT2D eigenvalue weighted by molar-refractivity contribution is -0.117. The van der Waals surface area contributed by atoms with Crippen LogP contribution in [0.25, 0.3) is 0 Å². The van der Waals surface area contributed by atoms with Gasteiger partial charge in [-0.3, -0.25) is 4.79 Å². The van der Waals surface area contributed by atoms with Crippen LogP contribution < -0.4 is 9.62 Å². The maximum Gasteiger partial charge on any atom is 0.240 e. The van der Waals surface area contributed by atoms with Gasteiger partial charge in [-0.2, -0.15) is 0 Å². The molecule has 1 aromatic heterocycles. The average Bonchev–Trinajstić information content (AvgIpc) is 2.98. The summed E-state index contributed by atoms with van der Waals surface area (Å²) in [5.74, 6) is 1.21. The van der Waals surface area contributed by atoms with E-state index in [0.717, 1.165) is 16.9 Å². The van der Waals surface area contributed by atoms with E-state index < -0.39 is 10.0 Å². The van der Waals surface area contributed by atoms with Crippen molar-refractivity contribution < 1.29 is 17.6 Å². The van der Waals surface area contributed by atoms with Crippen LogP contribution in [0, 0.1) is 13.8 Å². The van der Waals surface area contributed by atoms with Gasteiger partial charge in [-0.25, -0.2) is 18.1 Å². The number of carbonyl (C=O) groups is 1. The molecule has 7 nitrogen and oxygen atoms in total. The Bertz CT molecular complexity index is 902. The van der Waals surface area contributed by atoms with E-state index in [1.54, 1.807) is 26.1 Å². The number of sulfonamides is 1. The molecule has 0 bridgehead atoms. The van der Waals surface area contributed by atoms with E-state index in [2.05, 4.69) is 9.71 Å². The third-order valence-corrected chi connectivity index (χ3v) is 5.54. The molecule has 24 heavy (non-hydrogen) atoms. The summed E-state index contributed by atoms with van der Waals surface area (Å²) < 4.78 is 32.8. The molecule has 128 valence electrons. The Kier molecular flexibility index (Phi) is 4.18. The van der Waals surface area contributed by atoms with Crippen LogP contribution in [0.5, 0.6) is 0 Å². The van der Waals surface area contributed by atoms with Crippen LogP contribution >= 0.6 is 0 Å². The Labute approximate surface area is 140 Å². The molecular formula is C16H19N3O4S. The van der Waals surface area contributed by atoms with Crippen molar-refractivity contribution in [1.29, 1.82) is 0 Å². The quantitative estimate of drug-likeness (QED) is 0.879. The highest BCUT2D eigenvalue weighted by molar-refractivity contribution is 7.89. The predicted molar refractivity (Wildman–Crippen MR) is 88.4 cm³/mol. The molecule has 2 heterocycles. The van der Waals surface area contributed by atoms with Crippen LogP contribution in [0.1, 0.15) is 22.9 Å². The molecule has 8 heteroatoms. The van der Waals surface area contributed by atoms with Gasteiger partial charge < -0.3 is 9.32 Å². The highest BCUT2D eigenvalue weighted by atomic mass is 32.2. The second-order valence-electron chi connectivity index (χ2n) is 5.81. The van der Waals surface area contributed by atoms with E-state index in [4.69, 9.17) is 4.42 Å². The molecule has 0 saturated heterocycles. The number of likely N-dealkylation sites (N-methyl/N-ethyl adjacent to an activating group) is 1. The summed E-state index contributed by atoms with van der Waals surface area (Å²) in [4.78, 5) is 17.6. The number of nitrogens with one attached hydrogen (secondary N) is 1. The second kappa shape index (κ2) is 6.03. The highest BCUT2D eigenvalue weighted by Gasteiger charge is 2.26. The number of aryl methyl sites for hydroxylation is 2. The summed E-state index contributed by atoms with van der Waals surface area (Å²) >= 11 is 0. The van der Waals surface area contributed by atoms with Crippen molar-refractivity contribution >= 4 is 21.6 Å². The van der Waals surface area contributed by atoms with E-state index >= 15 is 0 Å². The van der Waals surface area contributed by atoms with Gasteiger partial charge in [-0.15, -0.1) is 0 Å². The SMILES string of the molecule is Cc1nc(C)c(CCNS(=O)(=O)c2ccc3c(c2)CC(=O)N3C)o1. The fourth-order valence-electron chi connectivity index (χ4n) is 2.80. The third kappa shape index (κ3) is 3.07. The van der Waals surface area contributed by atoms with Crippen molar-refractivity contribution in [3.8, 4) is 0 Å². The van der Waals surface area contributed by atoms with Crippen molar-refractivity contribution in [3.05, 3.63) is 41.1 Å². The summed E-state index contributed by atoms with van der Waals surface area (Å²) in [5.41, 5.74) is 2.25. The van der Waals surface area contributed by atoms with Crippen LogP contribution in [-0.2, 0) is 27.7 Å². The molecule has 1 aromatic carbocycles. The van der Waals surface area contributed by atoms with Crippen molar-refractivity contribution in [2.75, 3.05) is 18.5 Å². The van der Waals surface area contributed by atoms with Gasteiger partial charge in [0, 0.05) is 32.6 Å². The summed E-state index contributed by atoms with van der Waals surface area (Å²) in [5, 5.41) is 0. The first-order valence-electron chi connectivity index (χ1n) is 7.60. The molecule has 0 aliphatic carbocycles. The number of anilines is 1. The molecule has 0 saturated carbocycles. The Morgan fingerprint density at radius 3 is 2.75 bits per heavy atom. The third-order valence-electron chi connectivity index (χ3n) is 4.08. The van der Waals surface area contributed by atoms with Gasteiger partial charge in [-0.05, 0) is 30.7 Å². The summed E-state index contributed by atoms with van der Waals surface area (Å²) in [6, 6.07) is 4.74. The van der Waals surface area contributed by atoms with Gasteiger partial charge in [0.05, 0.1) is 17.0 Å². The van der Waals surface area contributed by atoms with E-state index in [0.29, 0.717) is 18.1 Å². The van der Waals surface area contributed by atoms with E-state index in [1.807, 2.05) is 6.92 Å². The summed E-state index contributed by atoms with van der Waals surface area (Å²) in [6.07, 6.45) is 0.657. The number of amides is 1. The van der Waals surface area contributed by atoms with Gasteiger partial charge >= 0.3 is 0 Å². The fourth-order valence-corrected chi connectivity index (χ4v) is 3.88. The molecule has 0 spiro atoms. The van der Waals surface area contributed by atoms with Crippen molar-refractivity contribution in [1.82, 2.24) is 9.71 Å². The first-order chi connectivity index (χ1) is 11.3. The van der Waals surface area contributed by atoms with Crippen LogP contribution in [0.4, 0.5) is 5.69 Å². The monoisotopic (exact) mass is 349 g/mol. The van der Waals surface area contributed by atoms with Gasteiger partial charge in [0.15, 0.2) is 5.89 Å². The molecule has 3 rings (SSSR count). The number of hydrogen-bond donors (Lipinski definition) is 1. The molecule has 2 aromatic rings. The zero-order valence-electron chi connectivity index (χ0n) is 13.8. The predicted octanol–water partition coefficient (Wildman–Crippen LogP) is 1.33. The molecule has 0 radical (unpaired) electrons. The zero-order valence-corrected chi connectivity index (χ0v) is 14.6. The standard InChI is InChI=1S/C16H19N3O4S/c1-10-15(23-11(2)18-10)6-7-17-24(21,22)13-4-5-14-12(8-13)9-16(20)19(14)3/h4-5,8,17H,6-7,9H2,1-3H3. The van der Waals surface area contributed by atoms with E-state index in [-0.39, 0.29) is 23.8 Å². The molecule has 1 aliphatic rings. The molecule has 0 unspecified atom stereocenters. The minimum absolute atomic E-state index is 0.0383. The van der Waals surface area contributed by atoms with Crippen LogP contribution in [0.2, 0.25) is 0 Å². The Hall–Kier alpha value is -2.19. The number of hydrogen-bond acceptors (Lipinski definition) is 5. The summed E-state index contributed by atoms with van der Waals surface area (Å²) in [7, 11) is -1.95. The lowest BCUT2D eigenvalue weighted by atomic mass is 10.2. The lowest BCUT2D eigenvalue weighted by Gasteiger charge is -2.11. The Morgan fingerprint density at radius 2 is 2.08 bits per heavy atom. The minimum Gasteiger partial charge on any atom is -0.446 e. The number of carbonyl (C=O) groups excluding carboxylic acids is 1. The summed E-state index contributed by atoms with van der Waals surface area (Å²) in [6.45, 7) is 3.80. The van der Waals surface area contributed by atoms with Crippen molar-refractivity contribution in [2.24, 2.45) is 0 Å². The number of rotatable bonds is 5. The molecular weight excluding hydrogens is 330 g/mol. The first-order valence-corrected chi connectivity index (χ1v) is 9.08. The highest BCUT2D eigenvalue weighted by Crippen LogP contribution is 2.29. The maximum atomic E-state index is 12.4. The van der Waals surface area contributed by atoms with Gasteiger partial charge in [0.2, 0.25) is 15.9 Å². The van der Waals surface area contributed by atoms with Gasteiger partial charge in [-0.1, -0.05) is 0 Å². The normalized spacial score (nSPS) is 14.3. The first kappa shape index (κ1) is 16.7. The van der Waals surface area contributed by atoms with Crippen molar-refractivity contribution in [2.45, 2.75) is 31.6 Å².